The van der Waals surface area contributed by atoms with Crippen LogP contribution in [0.4, 0.5) is 11.4 Å². The molecule has 64 valence electrons. The van der Waals surface area contributed by atoms with Gasteiger partial charge in [0, 0.05) is 7.05 Å². The van der Waals surface area contributed by atoms with Gasteiger partial charge in [-0.25, -0.2) is 0 Å². The lowest BCUT2D eigenvalue weighted by molar-refractivity contribution is 0.0660. The number of anilines is 2. The lowest BCUT2D eigenvalue weighted by Crippen LogP contribution is -2.37. The molecule has 0 radical (unpaired) electrons. The van der Waals surface area contributed by atoms with Crippen LogP contribution in [0, 0.1) is 0 Å². The Labute approximate surface area is 71.2 Å². The van der Waals surface area contributed by atoms with Gasteiger partial charge in [0.15, 0.2) is 0 Å². The third kappa shape index (κ3) is 0.929. The predicted octanol–water partition coefficient (Wildman–Crippen LogP) is 1.24. The first-order valence-electron chi connectivity index (χ1n) is 3.76. The van der Waals surface area contributed by atoms with E-state index < -0.39 is 0 Å². The van der Waals surface area contributed by atoms with Gasteiger partial charge < -0.3 is 0 Å². The van der Waals surface area contributed by atoms with Crippen molar-refractivity contribution in [2.75, 3.05) is 24.8 Å². The molecule has 12 heavy (non-hydrogen) atoms. The molecule has 0 atom stereocenters. The van der Waals surface area contributed by atoms with Crippen LogP contribution in [0.5, 0.6) is 0 Å². The molecule has 0 fully saturated rings. The van der Waals surface area contributed by atoms with Crippen molar-refractivity contribution >= 4 is 11.4 Å². The summed E-state index contributed by atoms with van der Waals surface area (Å²) in [5, 5.41) is 3.47. The fourth-order valence-electron chi connectivity index (χ4n) is 1.34. The Hall–Kier alpha value is -1.26. The number of fused-ring (bicyclic) bond motifs is 1. The van der Waals surface area contributed by atoms with Crippen LogP contribution < -0.4 is 10.6 Å². The molecular weight excluding hydrogens is 154 g/mol. The van der Waals surface area contributed by atoms with E-state index in [0.29, 0.717) is 0 Å². The molecule has 4 heteroatoms. The highest BCUT2D eigenvalue weighted by Crippen LogP contribution is 2.31. The first-order valence-corrected chi connectivity index (χ1v) is 3.76. The molecule has 0 saturated heterocycles. The van der Waals surface area contributed by atoms with E-state index >= 15 is 0 Å². The van der Waals surface area contributed by atoms with Crippen LogP contribution in [0.2, 0.25) is 0 Å². The Balaban J connectivity index is 2.40. The summed E-state index contributed by atoms with van der Waals surface area (Å²) in [5.41, 5.74) is 5.22. The number of para-hydroxylation sites is 2. The number of rotatable bonds is 1. The summed E-state index contributed by atoms with van der Waals surface area (Å²) in [7, 11) is 3.53. The van der Waals surface area contributed by atoms with Crippen molar-refractivity contribution in [3.63, 3.8) is 0 Å². The molecule has 1 heterocycles. The molecule has 0 spiro atoms. The lowest BCUT2D eigenvalue weighted by Gasteiger charge is -2.21. The van der Waals surface area contributed by atoms with Gasteiger partial charge in [0.25, 0.3) is 0 Å². The average molecular weight is 165 g/mol. The van der Waals surface area contributed by atoms with Crippen LogP contribution in [0.25, 0.3) is 0 Å². The molecule has 0 unspecified atom stereocenters. The SMILES string of the molecule is CON1c2ccccc2NN1C. The molecule has 0 saturated carbocycles. The van der Waals surface area contributed by atoms with Crippen molar-refractivity contribution in [1.29, 1.82) is 0 Å². The van der Waals surface area contributed by atoms with Gasteiger partial charge >= 0.3 is 0 Å². The number of hydrazine groups is 2. The highest BCUT2D eigenvalue weighted by Gasteiger charge is 2.22. The van der Waals surface area contributed by atoms with Crippen LogP contribution >= 0.6 is 0 Å². The molecule has 2 rings (SSSR count). The van der Waals surface area contributed by atoms with Gasteiger partial charge in [0.1, 0.15) is 5.69 Å². The Morgan fingerprint density at radius 3 is 2.83 bits per heavy atom. The van der Waals surface area contributed by atoms with E-state index in [1.54, 1.807) is 17.4 Å². The molecular formula is C8H11N3O. The largest absolute Gasteiger partial charge is 0.297 e. The molecule has 1 aromatic rings. The van der Waals surface area contributed by atoms with E-state index in [-0.39, 0.29) is 0 Å². The maximum atomic E-state index is 5.15. The van der Waals surface area contributed by atoms with E-state index in [0.717, 1.165) is 11.4 Å². The maximum Gasteiger partial charge on any atom is 0.109 e. The standard InChI is InChI=1S/C8H11N3O/c1-10-9-7-5-3-4-6-8(7)11(10)12-2/h3-6,9H,1-2H3. The number of nitrogens with zero attached hydrogens (tertiary/aromatic N) is 2. The minimum atomic E-state index is 1.03. The van der Waals surface area contributed by atoms with E-state index in [1.165, 1.54) is 0 Å². The topological polar surface area (TPSA) is 27.7 Å². The van der Waals surface area contributed by atoms with Crippen molar-refractivity contribution in [1.82, 2.24) is 5.12 Å². The summed E-state index contributed by atoms with van der Waals surface area (Å²) in [6.07, 6.45) is 0. The number of hydrogen-bond acceptors (Lipinski definition) is 4. The highest BCUT2D eigenvalue weighted by atomic mass is 16.7. The minimum Gasteiger partial charge on any atom is -0.297 e. The molecule has 1 aliphatic rings. The maximum absolute atomic E-state index is 5.15. The quantitative estimate of drug-likeness (QED) is 0.677. The zero-order valence-corrected chi connectivity index (χ0v) is 7.11. The zero-order chi connectivity index (χ0) is 8.55. The normalized spacial score (nSPS) is 16.0. The van der Waals surface area contributed by atoms with Gasteiger partial charge in [-0.3, -0.25) is 10.3 Å². The summed E-state index contributed by atoms with van der Waals surface area (Å²) in [6.45, 7) is 0. The third-order valence-corrected chi connectivity index (χ3v) is 1.84. The first kappa shape index (κ1) is 7.39. The van der Waals surface area contributed by atoms with Gasteiger partial charge in [0.05, 0.1) is 12.8 Å². The summed E-state index contributed by atoms with van der Waals surface area (Å²) in [6, 6.07) is 7.96. The molecule has 0 bridgehead atoms. The second-order valence-corrected chi connectivity index (χ2v) is 2.61. The number of nitrogens with one attached hydrogen (secondary N) is 1. The molecule has 1 N–H and O–H groups in total. The van der Waals surface area contributed by atoms with Crippen molar-refractivity contribution < 1.29 is 4.84 Å². The highest BCUT2D eigenvalue weighted by molar-refractivity contribution is 5.71. The van der Waals surface area contributed by atoms with Crippen molar-refractivity contribution in [3.8, 4) is 0 Å². The van der Waals surface area contributed by atoms with Crippen LogP contribution in [-0.2, 0) is 4.84 Å². The smallest absolute Gasteiger partial charge is 0.109 e. The molecule has 1 aromatic carbocycles. The number of benzene rings is 1. The monoisotopic (exact) mass is 165 g/mol. The number of hydrogen-bond donors (Lipinski definition) is 1. The predicted molar refractivity (Wildman–Crippen MR) is 47.3 cm³/mol. The van der Waals surface area contributed by atoms with Crippen LogP contribution in [0.15, 0.2) is 24.3 Å². The molecule has 0 aromatic heterocycles. The molecule has 4 nitrogen and oxygen atoms in total. The fraction of sp³-hybridized carbons (Fsp3) is 0.250. The van der Waals surface area contributed by atoms with Crippen molar-refractivity contribution in [2.24, 2.45) is 0 Å². The third-order valence-electron chi connectivity index (χ3n) is 1.84. The second kappa shape index (κ2) is 2.66. The van der Waals surface area contributed by atoms with Gasteiger partial charge in [-0.05, 0) is 12.1 Å². The van der Waals surface area contributed by atoms with Crippen molar-refractivity contribution in [2.45, 2.75) is 0 Å². The van der Waals surface area contributed by atoms with E-state index in [1.807, 2.05) is 31.3 Å². The van der Waals surface area contributed by atoms with Crippen LogP contribution in [-0.4, -0.2) is 19.3 Å². The van der Waals surface area contributed by atoms with E-state index in [9.17, 15) is 0 Å². The zero-order valence-electron chi connectivity index (χ0n) is 7.11. The summed E-state index contributed by atoms with van der Waals surface area (Å²) >= 11 is 0. The van der Waals surface area contributed by atoms with Crippen molar-refractivity contribution in [3.05, 3.63) is 24.3 Å². The first-order chi connectivity index (χ1) is 5.83. The van der Waals surface area contributed by atoms with Gasteiger partial charge in [0.2, 0.25) is 0 Å². The van der Waals surface area contributed by atoms with Gasteiger partial charge in [-0.15, -0.1) is 5.12 Å². The van der Waals surface area contributed by atoms with Crippen LogP contribution in [0.1, 0.15) is 0 Å². The Morgan fingerprint density at radius 1 is 1.33 bits per heavy atom. The summed E-state index contributed by atoms with van der Waals surface area (Å²) in [4.78, 5) is 5.15. The Bertz CT molecular complexity index is 289. The summed E-state index contributed by atoms with van der Waals surface area (Å²) in [5.74, 6) is 0. The molecule has 1 aliphatic heterocycles. The Morgan fingerprint density at radius 2 is 2.08 bits per heavy atom. The van der Waals surface area contributed by atoms with E-state index in [2.05, 4.69) is 5.43 Å². The fourth-order valence-corrected chi connectivity index (χ4v) is 1.34. The van der Waals surface area contributed by atoms with Gasteiger partial charge in [-0.1, -0.05) is 12.1 Å². The van der Waals surface area contributed by atoms with E-state index in [4.69, 9.17) is 4.84 Å². The summed E-state index contributed by atoms with van der Waals surface area (Å²) < 4.78 is 0. The second-order valence-electron chi connectivity index (χ2n) is 2.61. The molecule has 0 amide bonds. The lowest BCUT2D eigenvalue weighted by atomic mass is 10.3. The molecule has 0 aliphatic carbocycles. The van der Waals surface area contributed by atoms with Crippen LogP contribution in [0.3, 0.4) is 0 Å². The Kier molecular flexibility index (Phi) is 1.64. The minimum absolute atomic E-state index is 1.03. The van der Waals surface area contributed by atoms with Gasteiger partial charge in [-0.2, -0.15) is 5.17 Å². The average Bonchev–Trinajstić information content (AvgIpc) is 2.40.